The normalized spacial score (nSPS) is 20.0. The summed E-state index contributed by atoms with van der Waals surface area (Å²) in [4.78, 5) is 6.42. The maximum atomic E-state index is 9.52. The number of aliphatic hydroxyl groups is 1. The number of hydrogen-bond donors (Lipinski definition) is 1. The van der Waals surface area contributed by atoms with Crippen LogP contribution in [0.4, 0.5) is 0 Å². The molecule has 0 fully saturated rings. The van der Waals surface area contributed by atoms with Crippen molar-refractivity contribution < 1.29 is 9.84 Å². The fourth-order valence-corrected chi connectivity index (χ4v) is 3.77. The van der Waals surface area contributed by atoms with E-state index in [0.29, 0.717) is 0 Å². The molecule has 1 aromatic carbocycles. The fraction of sp³-hybridized carbons (Fsp3) is 0.308. The van der Waals surface area contributed by atoms with Gasteiger partial charge in [0.2, 0.25) is 0 Å². The number of fused-ring (bicyclic) bond motifs is 1. The zero-order valence-electron chi connectivity index (χ0n) is 9.87. The minimum Gasteiger partial charge on any atom is -0.481 e. The minimum atomic E-state index is -0.459. The molecule has 94 valence electrons. The molecule has 1 N–H and O–H groups in total. The summed E-state index contributed by atoms with van der Waals surface area (Å²) >= 11 is 3.31. The molecule has 2 aromatic rings. The Bertz CT molecular complexity index is 553. The Morgan fingerprint density at radius 1 is 1.44 bits per heavy atom. The van der Waals surface area contributed by atoms with Gasteiger partial charge in [0.05, 0.1) is 11.0 Å². The van der Waals surface area contributed by atoms with Crippen LogP contribution in [0, 0.1) is 0 Å². The van der Waals surface area contributed by atoms with Crippen molar-refractivity contribution in [2.75, 3.05) is 5.75 Å². The van der Waals surface area contributed by atoms with Gasteiger partial charge in [0, 0.05) is 16.8 Å². The molecule has 3 nitrogen and oxygen atoms in total. The zero-order valence-corrected chi connectivity index (χ0v) is 11.5. The van der Waals surface area contributed by atoms with Gasteiger partial charge >= 0.3 is 0 Å². The van der Waals surface area contributed by atoms with E-state index < -0.39 is 6.10 Å². The van der Waals surface area contributed by atoms with E-state index in [4.69, 9.17) is 4.74 Å². The van der Waals surface area contributed by atoms with Crippen molar-refractivity contribution in [2.24, 2.45) is 0 Å². The summed E-state index contributed by atoms with van der Waals surface area (Å²) in [5, 5.41) is 10.5. The van der Waals surface area contributed by atoms with Crippen LogP contribution in [0.25, 0.3) is 0 Å². The first-order chi connectivity index (χ1) is 8.74. The SMILES string of the molecule is CC(O)c1cnc(C2CSc3ccccc3O2)s1. The predicted octanol–water partition coefficient (Wildman–Crippen LogP) is 3.42. The first-order valence-corrected chi connectivity index (χ1v) is 7.56. The average Bonchev–Trinajstić information content (AvgIpc) is 2.88. The van der Waals surface area contributed by atoms with Gasteiger partial charge in [-0.25, -0.2) is 4.98 Å². The number of aliphatic hydroxyl groups excluding tert-OH is 1. The maximum Gasteiger partial charge on any atom is 0.159 e. The third-order valence-electron chi connectivity index (χ3n) is 2.74. The lowest BCUT2D eigenvalue weighted by Gasteiger charge is -2.23. The molecule has 5 heteroatoms. The van der Waals surface area contributed by atoms with Crippen molar-refractivity contribution in [3.63, 3.8) is 0 Å². The zero-order chi connectivity index (χ0) is 12.5. The van der Waals surface area contributed by atoms with Gasteiger partial charge in [0.1, 0.15) is 10.8 Å². The molecule has 0 spiro atoms. The summed E-state index contributed by atoms with van der Waals surface area (Å²) in [5.74, 6) is 1.79. The fourth-order valence-electron chi connectivity index (χ4n) is 1.78. The van der Waals surface area contributed by atoms with Gasteiger partial charge in [0.15, 0.2) is 6.10 Å². The average molecular weight is 279 g/mol. The van der Waals surface area contributed by atoms with Gasteiger partial charge < -0.3 is 9.84 Å². The highest BCUT2D eigenvalue weighted by molar-refractivity contribution is 7.99. The Kier molecular flexibility index (Phi) is 3.28. The van der Waals surface area contributed by atoms with Crippen LogP contribution in [0.15, 0.2) is 35.4 Å². The van der Waals surface area contributed by atoms with Gasteiger partial charge in [-0.2, -0.15) is 0 Å². The first-order valence-electron chi connectivity index (χ1n) is 5.76. The monoisotopic (exact) mass is 279 g/mol. The van der Waals surface area contributed by atoms with E-state index in [0.717, 1.165) is 21.4 Å². The maximum absolute atomic E-state index is 9.52. The van der Waals surface area contributed by atoms with Crippen LogP contribution in [-0.4, -0.2) is 15.8 Å². The van der Waals surface area contributed by atoms with Crippen molar-refractivity contribution in [1.29, 1.82) is 0 Å². The van der Waals surface area contributed by atoms with Gasteiger partial charge in [-0.05, 0) is 19.1 Å². The van der Waals surface area contributed by atoms with Crippen molar-refractivity contribution in [2.45, 2.75) is 24.0 Å². The van der Waals surface area contributed by atoms with E-state index in [-0.39, 0.29) is 6.10 Å². The molecule has 0 amide bonds. The van der Waals surface area contributed by atoms with Gasteiger partial charge in [-0.3, -0.25) is 0 Å². The smallest absolute Gasteiger partial charge is 0.159 e. The number of aromatic nitrogens is 1. The molecule has 0 saturated carbocycles. The summed E-state index contributed by atoms with van der Waals surface area (Å²) in [5.41, 5.74) is 0. The van der Waals surface area contributed by atoms with Gasteiger partial charge in [0.25, 0.3) is 0 Å². The van der Waals surface area contributed by atoms with Crippen LogP contribution >= 0.6 is 23.1 Å². The molecule has 1 aliphatic heterocycles. The molecule has 3 rings (SSSR count). The number of thioether (sulfide) groups is 1. The number of nitrogens with zero attached hydrogens (tertiary/aromatic N) is 1. The second-order valence-electron chi connectivity index (χ2n) is 4.14. The third kappa shape index (κ3) is 2.25. The van der Waals surface area contributed by atoms with Crippen molar-refractivity contribution in [1.82, 2.24) is 4.98 Å². The van der Waals surface area contributed by atoms with Crippen molar-refractivity contribution in [3.8, 4) is 5.75 Å². The van der Waals surface area contributed by atoms with E-state index in [1.54, 1.807) is 24.9 Å². The Hall–Kier alpha value is -1.04. The molecule has 0 aliphatic carbocycles. The third-order valence-corrected chi connectivity index (χ3v) is 5.11. The van der Waals surface area contributed by atoms with Crippen molar-refractivity contribution >= 4 is 23.1 Å². The topological polar surface area (TPSA) is 42.4 Å². The van der Waals surface area contributed by atoms with Crippen LogP contribution in [0.2, 0.25) is 0 Å². The number of benzene rings is 1. The molecule has 2 unspecified atom stereocenters. The van der Waals surface area contributed by atoms with Crippen LogP contribution in [0.3, 0.4) is 0 Å². The summed E-state index contributed by atoms with van der Waals surface area (Å²) in [6.45, 7) is 1.75. The molecule has 1 aliphatic rings. The van der Waals surface area contributed by atoms with Crippen LogP contribution < -0.4 is 4.74 Å². The lowest BCUT2D eigenvalue weighted by Crippen LogP contribution is -2.14. The highest BCUT2D eigenvalue weighted by Gasteiger charge is 2.24. The summed E-state index contributed by atoms with van der Waals surface area (Å²) in [7, 11) is 0. The van der Waals surface area contributed by atoms with Gasteiger partial charge in [-0.15, -0.1) is 23.1 Å². The molecular weight excluding hydrogens is 266 g/mol. The van der Waals surface area contributed by atoms with E-state index >= 15 is 0 Å². The van der Waals surface area contributed by atoms with E-state index in [1.807, 2.05) is 18.2 Å². The van der Waals surface area contributed by atoms with Gasteiger partial charge in [-0.1, -0.05) is 12.1 Å². The molecule has 1 aromatic heterocycles. The number of thiazole rings is 1. The predicted molar refractivity (Wildman–Crippen MR) is 73.3 cm³/mol. The van der Waals surface area contributed by atoms with Crippen LogP contribution in [0.1, 0.15) is 29.0 Å². The van der Waals surface area contributed by atoms with E-state index in [1.165, 1.54) is 16.2 Å². The quantitative estimate of drug-likeness (QED) is 0.914. The lowest BCUT2D eigenvalue weighted by atomic mass is 10.3. The summed E-state index contributed by atoms with van der Waals surface area (Å²) < 4.78 is 5.96. The van der Waals surface area contributed by atoms with Crippen LogP contribution in [-0.2, 0) is 0 Å². The molecular formula is C13H13NO2S2. The largest absolute Gasteiger partial charge is 0.481 e. The lowest BCUT2D eigenvalue weighted by molar-refractivity contribution is 0.203. The number of rotatable bonds is 2. The number of para-hydroxylation sites is 1. The Balaban J connectivity index is 1.83. The van der Waals surface area contributed by atoms with E-state index in [9.17, 15) is 5.11 Å². The highest BCUT2D eigenvalue weighted by atomic mass is 32.2. The molecule has 0 radical (unpaired) electrons. The number of ether oxygens (including phenoxy) is 1. The summed E-state index contributed by atoms with van der Waals surface area (Å²) in [6.07, 6.45) is 1.27. The molecule has 2 atom stereocenters. The molecule has 0 saturated heterocycles. The standard InChI is InChI=1S/C13H13NO2S2/c1-8(15)12-6-14-13(18-12)10-7-17-11-5-3-2-4-9(11)16-10/h2-6,8,10,15H,7H2,1H3. The highest BCUT2D eigenvalue weighted by Crippen LogP contribution is 2.41. The molecule has 2 heterocycles. The van der Waals surface area contributed by atoms with Crippen LogP contribution in [0.5, 0.6) is 5.75 Å². The second kappa shape index (κ2) is 4.91. The second-order valence-corrected chi connectivity index (χ2v) is 6.30. The molecule has 18 heavy (non-hydrogen) atoms. The molecule has 0 bridgehead atoms. The number of hydrogen-bond acceptors (Lipinski definition) is 5. The summed E-state index contributed by atoms with van der Waals surface area (Å²) in [6, 6.07) is 8.05. The minimum absolute atomic E-state index is 0.0117. The Morgan fingerprint density at radius 2 is 2.28 bits per heavy atom. The van der Waals surface area contributed by atoms with Crippen molar-refractivity contribution in [3.05, 3.63) is 40.3 Å². The Labute approximate surface area is 114 Å². The first kappa shape index (κ1) is 12.0. The van der Waals surface area contributed by atoms with E-state index in [2.05, 4.69) is 11.1 Å². The Morgan fingerprint density at radius 3 is 3.06 bits per heavy atom.